The van der Waals surface area contributed by atoms with Gasteiger partial charge < -0.3 is 20.6 Å². The van der Waals surface area contributed by atoms with Crippen molar-refractivity contribution in [1.29, 1.82) is 0 Å². The topological polar surface area (TPSA) is 89.8 Å². The van der Waals surface area contributed by atoms with Crippen LogP contribution in [0.5, 0.6) is 0 Å². The number of amides is 1. The quantitative estimate of drug-likeness (QED) is 0.0371. The third-order valence-electron chi connectivity index (χ3n) is 11.1. The van der Waals surface area contributed by atoms with Crippen LogP contribution in [0.3, 0.4) is 0 Å². The summed E-state index contributed by atoms with van der Waals surface area (Å²) in [4.78, 5) is 12.4. The van der Waals surface area contributed by atoms with Gasteiger partial charge >= 0.3 is 0 Å². The molecule has 0 saturated heterocycles. The molecule has 0 aromatic carbocycles. The van der Waals surface area contributed by atoms with E-state index in [9.17, 15) is 20.1 Å². The normalized spacial score (nSPS) is 13.6. The zero-order chi connectivity index (χ0) is 38.0. The second kappa shape index (κ2) is 42.8. The van der Waals surface area contributed by atoms with Gasteiger partial charge in [-0.1, -0.05) is 225 Å². The van der Waals surface area contributed by atoms with Crippen LogP contribution in [-0.2, 0) is 4.79 Å². The molecular formula is C47H93NO4. The number of allylic oxidation sites excluding steroid dienone is 2. The highest BCUT2D eigenvalue weighted by Gasteiger charge is 2.21. The Morgan fingerprint density at radius 2 is 0.769 bits per heavy atom. The SMILES string of the molecule is CCCCCC/C=C\CCCCCCCC(O)CC(=O)NC(CO)C(O)CCCCCCCCCCCCCCCCCCCCCCCCCC. The van der Waals surface area contributed by atoms with Crippen LogP contribution in [0.4, 0.5) is 0 Å². The number of nitrogens with one attached hydrogen (secondary N) is 1. The lowest BCUT2D eigenvalue weighted by atomic mass is 10.0. The Kier molecular flexibility index (Phi) is 42.1. The van der Waals surface area contributed by atoms with E-state index in [0.717, 1.165) is 32.1 Å². The van der Waals surface area contributed by atoms with Gasteiger partial charge in [0.05, 0.1) is 31.3 Å². The van der Waals surface area contributed by atoms with E-state index in [-0.39, 0.29) is 18.9 Å². The first-order valence-corrected chi connectivity index (χ1v) is 23.5. The van der Waals surface area contributed by atoms with Crippen LogP contribution < -0.4 is 5.32 Å². The Morgan fingerprint density at radius 3 is 1.13 bits per heavy atom. The molecule has 0 aliphatic rings. The van der Waals surface area contributed by atoms with Crippen molar-refractivity contribution in [3.05, 3.63) is 12.2 Å². The van der Waals surface area contributed by atoms with E-state index in [1.54, 1.807) is 0 Å². The molecule has 0 rings (SSSR count). The van der Waals surface area contributed by atoms with Gasteiger partial charge in [-0.15, -0.1) is 0 Å². The lowest BCUT2D eigenvalue weighted by Crippen LogP contribution is -2.46. The molecule has 0 bridgehead atoms. The number of aliphatic hydroxyl groups is 3. The molecular weight excluding hydrogens is 643 g/mol. The molecule has 0 aromatic rings. The fourth-order valence-corrected chi connectivity index (χ4v) is 7.46. The highest BCUT2D eigenvalue weighted by molar-refractivity contribution is 5.76. The van der Waals surface area contributed by atoms with E-state index >= 15 is 0 Å². The number of hydrogen-bond donors (Lipinski definition) is 4. The van der Waals surface area contributed by atoms with Crippen LogP contribution in [0.1, 0.15) is 258 Å². The van der Waals surface area contributed by atoms with Crippen LogP contribution >= 0.6 is 0 Å². The van der Waals surface area contributed by atoms with Gasteiger partial charge in [-0.05, 0) is 38.5 Å². The van der Waals surface area contributed by atoms with Gasteiger partial charge in [0.1, 0.15) is 0 Å². The molecule has 3 atom stereocenters. The lowest BCUT2D eigenvalue weighted by Gasteiger charge is -2.23. The predicted octanol–water partition coefficient (Wildman–Crippen LogP) is 13.6. The zero-order valence-electron chi connectivity index (χ0n) is 35.2. The van der Waals surface area contributed by atoms with Gasteiger partial charge in [-0.25, -0.2) is 0 Å². The summed E-state index contributed by atoms with van der Waals surface area (Å²) in [7, 11) is 0. The molecule has 0 radical (unpaired) electrons. The zero-order valence-corrected chi connectivity index (χ0v) is 35.2. The smallest absolute Gasteiger partial charge is 0.222 e. The Balaban J connectivity index is 3.54. The molecule has 0 saturated carbocycles. The third-order valence-corrected chi connectivity index (χ3v) is 11.1. The molecule has 1 amide bonds. The number of hydrogen-bond acceptors (Lipinski definition) is 4. The van der Waals surface area contributed by atoms with E-state index in [2.05, 4.69) is 31.3 Å². The molecule has 0 fully saturated rings. The average molecular weight is 736 g/mol. The van der Waals surface area contributed by atoms with Gasteiger partial charge in [0, 0.05) is 0 Å². The van der Waals surface area contributed by atoms with Crippen molar-refractivity contribution in [3.63, 3.8) is 0 Å². The fourth-order valence-electron chi connectivity index (χ4n) is 7.46. The maximum Gasteiger partial charge on any atom is 0.222 e. The number of carbonyl (C=O) groups excluding carboxylic acids is 1. The Bertz CT molecular complexity index is 728. The average Bonchev–Trinajstić information content (AvgIpc) is 3.14. The summed E-state index contributed by atoms with van der Waals surface area (Å²) in [6.45, 7) is 4.26. The molecule has 5 nitrogen and oxygen atoms in total. The molecule has 52 heavy (non-hydrogen) atoms. The fraction of sp³-hybridized carbons (Fsp3) is 0.936. The largest absolute Gasteiger partial charge is 0.394 e. The molecule has 5 heteroatoms. The first-order valence-electron chi connectivity index (χ1n) is 23.5. The summed E-state index contributed by atoms with van der Waals surface area (Å²) in [6, 6.07) is -0.658. The van der Waals surface area contributed by atoms with Crippen LogP contribution in [0.2, 0.25) is 0 Å². The highest BCUT2D eigenvalue weighted by Crippen LogP contribution is 2.17. The molecule has 3 unspecified atom stereocenters. The third kappa shape index (κ3) is 38.8. The van der Waals surface area contributed by atoms with E-state index < -0.39 is 18.2 Å². The molecule has 0 aliphatic carbocycles. The monoisotopic (exact) mass is 736 g/mol. The van der Waals surface area contributed by atoms with Crippen molar-refractivity contribution in [2.45, 2.75) is 276 Å². The summed E-state index contributed by atoms with van der Waals surface area (Å²) in [5.41, 5.74) is 0. The first kappa shape index (κ1) is 51.1. The Labute approximate surface area is 325 Å². The summed E-state index contributed by atoms with van der Waals surface area (Å²) < 4.78 is 0. The van der Waals surface area contributed by atoms with Gasteiger partial charge in [-0.2, -0.15) is 0 Å². The molecule has 310 valence electrons. The number of carbonyl (C=O) groups is 1. The van der Waals surface area contributed by atoms with Crippen LogP contribution in [-0.4, -0.2) is 46.1 Å². The van der Waals surface area contributed by atoms with Crippen molar-refractivity contribution in [2.75, 3.05) is 6.61 Å². The molecule has 0 spiro atoms. The van der Waals surface area contributed by atoms with Gasteiger partial charge in [-0.3, -0.25) is 4.79 Å². The minimum absolute atomic E-state index is 0.0335. The Morgan fingerprint density at radius 1 is 0.462 bits per heavy atom. The lowest BCUT2D eigenvalue weighted by molar-refractivity contribution is -0.125. The summed E-state index contributed by atoms with van der Waals surface area (Å²) in [5.74, 6) is -0.285. The van der Waals surface area contributed by atoms with Crippen LogP contribution in [0.15, 0.2) is 12.2 Å². The molecule has 0 aliphatic heterocycles. The molecule has 4 N–H and O–H groups in total. The Hall–Kier alpha value is -0.910. The minimum Gasteiger partial charge on any atom is -0.394 e. The van der Waals surface area contributed by atoms with Crippen LogP contribution in [0.25, 0.3) is 0 Å². The maximum atomic E-state index is 12.4. The second-order valence-corrected chi connectivity index (χ2v) is 16.4. The van der Waals surface area contributed by atoms with E-state index in [1.165, 1.54) is 193 Å². The molecule has 0 heterocycles. The van der Waals surface area contributed by atoms with Crippen molar-refractivity contribution in [1.82, 2.24) is 5.32 Å². The summed E-state index contributed by atoms with van der Waals surface area (Å²) >= 11 is 0. The number of rotatable bonds is 43. The highest BCUT2D eigenvalue weighted by atomic mass is 16.3. The molecule has 0 aromatic heterocycles. The predicted molar refractivity (Wildman–Crippen MR) is 227 cm³/mol. The number of aliphatic hydroxyl groups excluding tert-OH is 3. The van der Waals surface area contributed by atoms with Crippen molar-refractivity contribution in [2.24, 2.45) is 0 Å². The van der Waals surface area contributed by atoms with Gasteiger partial charge in [0.25, 0.3) is 0 Å². The van der Waals surface area contributed by atoms with Crippen molar-refractivity contribution in [3.8, 4) is 0 Å². The number of unbranched alkanes of at least 4 members (excludes halogenated alkanes) is 32. The minimum atomic E-state index is -0.748. The maximum absolute atomic E-state index is 12.4. The van der Waals surface area contributed by atoms with E-state index in [1.807, 2.05) is 0 Å². The van der Waals surface area contributed by atoms with Gasteiger partial charge in [0.2, 0.25) is 5.91 Å². The standard InChI is InChI=1S/C47H93NO4/c1-3-5-7-9-11-13-15-17-18-19-20-21-22-23-24-25-26-27-29-31-33-35-37-39-41-46(51)45(43-49)48-47(52)42-44(50)40-38-36-34-32-30-28-16-14-12-10-8-6-4-2/h14,16,44-46,49-51H,3-13,15,17-43H2,1-2H3,(H,48,52)/b16-14-. The first-order chi connectivity index (χ1) is 25.5. The second-order valence-electron chi connectivity index (χ2n) is 16.4. The van der Waals surface area contributed by atoms with E-state index in [4.69, 9.17) is 0 Å². The summed E-state index contributed by atoms with van der Waals surface area (Å²) in [5, 5.41) is 33.4. The van der Waals surface area contributed by atoms with Gasteiger partial charge in [0.15, 0.2) is 0 Å². The van der Waals surface area contributed by atoms with Crippen molar-refractivity contribution >= 4 is 5.91 Å². The van der Waals surface area contributed by atoms with Crippen LogP contribution in [0, 0.1) is 0 Å². The summed E-state index contributed by atoms with van der Waals surface area (Å²) in [6.07, 6.45) is 50.5. The van der Waals surface area contributed by atoms with Crippen molar-refractivity contribution < 1.29 is 20.1 Å². The van der Waals surface area contributed by atoms with E-state index in [0.29, 0.717) is 12.8 Å².